The summed E-state index contributed by atoms with van der Waals surface area (Å²) in [5.74, 6) is 0.185. The van der Waals surface area contributed by atoms with Crippen LogP contribution in [0.3, 0.4) is 0 Å². The van der Waals surface area contributed by atoms with E-state index in [1.165, 1.54) is 0 Å². The topological polar surface area (TPSA) is 56.8 Å². The molecule has 5 nitrogen and oxygen atoms in total. The number of carbonyl (C=O) groups excluding carboxylic acids is 1. The molecule has 0 aliphatic heterocycles. The summed E-state index contributed by atoms with van der Waals surface area (Å²) in [5.41, 5.74) is 0. The van der Waals surface area contributed by atoms with Gasteiger partial charge < -0.3 is 19.5 Å². The first-order valence-electron chi connectivity index (χ1n) is 6.07. The van der Waals surface area contributed by atoms with Crippen LogP contribution in [0.25, 0.3) is 0 Å². The molecule has 0 spiro atoms. The molecule has 0 aromatic carbocycles. The SMILES string of the molecule is CCOC(=O)COCCNC(COC)C(C)C. The summed E-state index contributed by atoms with van der Waals surface area (Å²) in [4.78, 5) is 11.0. The van der Waals surface area contributed by atoms with E-state index in [2.05, 4.69) is 19.2 Å². The van der Waals surface area contributed by atoms with Crippen LogP contribution in [0.4, 0.5) is 0 Å². The van der Waals surface area contributed by atoms with Crippen LogP contribution in [0.5, 0.6) is 0 Å². The van der Waals surface area contributed by atoms with Gasteiger partial charge in [-0.2, -0.15) is 0 Å². The lowest BCUT2D eigenvalue weighted by atomic mass is 10.1. The minimum atomic E-state index is -0.315. The molecule has 102 valence electrons. The third-order valence-corrected chi connectivity index (χ3v) is 2.33. The van der Waals surface area contributed by atoms with E-state index in [9.17, 15) is 4.79 Å². The molecule has 0 radical (unpaired) electrons. The number of methoxy groups -OCH3 is 1. The lowest BCUT2D eigenvalue weighted by Crippen LogP contribution is -2.39. The molecule has 0 aliphatic rings. The van der Waals surface area contributed by atoms with Gasteiger partial charge in [-0.15, -0.1) is 0 Å². The first-order valence-corrected chi connectivity index (χ1v) is 6.07. The van der Waals surface area contributed by atoms with Crippen molar-refractivity contribution in [1.82, 2.24) is 5.32 Å². The molecule has 0 saturated heterocycles. The van der Waals surface area contributed by atoms with E-state index in [-0.39, 0.29) is 12.6 Å². The zero-order chi connectivity index (χ0) is 13.1. The van der Waals surface area contributed by atoms with Crippen molar-refractivity contribution in [2.24, 2.45) is 5.92 Å². The van der Waals surface area contributed by atoms with Crippen LogP contribution in [-0.4, -0.2) is 52.1 Å². The van der Waals surface area contributed by atoms with Crippen molar-refractivity contribution in [3.8, 4) is 0 Å². The van der Waals surface area contributed by atoms with E-state index in [0.717, 1.165) is 0 Å². The lowest BCUT2D eigenvalue weighted by molar-refractivity contribution is -0.148. The van der Waals surface area contributed by atoms with Crippen molar-refractivity contribution in [3.05, 3.63) is 0 Å². The molecule has 0 aromatic rings. The zero-order valence-corrected chi connectivity index (χ0v) is 11.3. The highest BCUT2D eigenvalue weighted by Crippen LogP contribution is 2.01. The summed E-state index contributed by atoms with van der Waals surface area (Å²) in [6, 6.07) is 0.311. The highest BCUT2D eigenvalue weighted by Gasteiger charge is 2.11. The van der Waals surface area contributed by atoms with Crippen LogP contribution in [0, 0.1) is 5.92 Å². The van der Waals surface area contributed by atoms with Crippen LogP contribution < -0.4 is 5.32 Å². The summed E-state index contributed by atoms with van der Waals surface area (Å²) in [6.45, 7) is 8.33. The molecule has 0 rings (SSSR count). The second-order valence-corrected chi connectivity index (χ2v) is 4.12. The van der Waals surface area contributed by atoms with Crippen molar-refractivity contribution < 1.29 is 19.0 Å². The van der Waals surface area contributed by atoms with Crippen molar-refractivity contribution in [3.63, 3.8) is 0 Å². The smallest absolute Gasteiger partial charge is 0.332 e. The summed E-state index contributed by atoms with van der Waals surface area (Å²) in [6.07, 6.45) is 0. The minimum absolute atomic E-state index is 0.0200. The van der Waals surface area contributed by atoms with E-state index in [1.54, 1.807) is 14.0 Å². The standard InChI is InChI=1S/C12H25NO4/c1-5-17-12(14)9-16-7-6-13-11(8-15-4)10(2)3/h10-11,13H,5-9H2,1-4H3. The minimum Gasteiger partial charge on any atom is -0.464 e. The molecule has 0 fully saturated rings. The monoisotopic (exact) mass is 247 g/mol. The third kappa shape index (κ3) is 9.09. The lowest BCUT2D eigenvalue weighted by Gasteiger charge is -2.21. The zero-order valence-electron chi connectivity index (χ0n) is 11.3. The van der Waals surface area contributed by atoms with E-state index in [1.807, 2.05) is 0 Å². The fraction of sp³-hybridized carbons (Fsp3) is 0.917. The number of hydrogen-bond acceptors (Lipinski definition) is 5. The molecule has 1 unspecified atom stereocenters. The summed E-state index contributed by atoms with van der Waals surface area (Å²) >= 11 is 0. The van der Waals surface area contributed by atoms with E-state index in [0.29, 0.717) is 38.3 Å². The average molecular weight is 247 g/mol. The predicted molar refractivity (Wildman–Crippen MR) is 66.0 cm³/mol. The fourth-order valence-electron chi connectivity index (χ4n) is 1.34. The third-order valence-electron chi connectivity index (χ3n) is 2.33. The number of carbonyl (C=O) groups is 1. The molecule has 0 aliphatic carbocycles. The Kier molecular flexibility index (Phi) is 10.1. The first-order chi connectivity index (χ1) is 8.11. The van der Waals surface area contributed by atoms with Crippen molar-refractivity contribution >= 4 is 5.97 Å². The summed E-state index contributed by atoms with van der Waals surface area (Å²) < 4.78 is 15.0. The second kappa shape index (κ2) is 10.5. The number of ether oxygens (including phenoxy) is 3. The molecule has 0 heterocycles. The Morgan fingerprint density at radius 3 is 2.59 bits per heavy atom. The number of nitrogens with one attached hydrogen (secondary N) is 1. The van der Waals surface area contributed by atoms with Gasteiger partial charge in [0.2, 0.25) is 0 Å². The maximum atomic E-state index is 11.0. The quantitative estimate of drug-likeness (QED) is 0.458. The Bertz CT molecular complexity index is 197. The number of hydrogen-bond donors (Lipinski definition) is 1. The van der Waals surface area contributed by atoms with E-state index < -0.39 is 0 Å². The Labute approximate surface area is 104 Å². The van der Waals surface area contributed by atoms with Crippen LogP contribution in [0.2, 0.25) is 0 Å². The molecule has 1 N–H and O–H groups in total. The van der Waals surface area contributed by atoms with Crippen LogP contribution in [0.15, 0.2) is 0 Å². The van der Waals surface area contributed by atoms with E-state index >= 15 is 0 Å². The van der Waals surface area contributed by atoms with Gasteiger partial charge in [-0.25, -0.2) is 4.79 Å². The van der Waals surface area contributed by atoms with Gasteiger partial charge in [-0.1, -0.05) is 13.8 Å². The molecule has 0 aromatic heterocycles. The predicted octanol–water partition coefficient (Wildman–Crippen LogP) is 0.827. The maximum absolute atomic E-state index is 11.0. The van der Waals surface area contributed by atoms with Gasteiger partial charge in [0.15, 0.2) is 0 Å². The summed E-state index contributed by atoms with van der Waals surface area (Å²) in [7, 11) is 1.69. The van der Waals surface area contributed by atoms with Gasteiger partial charge in [-0.3, -0.25) is 0 Å². The summed E-state index contributed by atoms with van der Waals surface area (Å²) in [5, 5.41) is 3.32. The van der Waals surface area contributed by atoms with Gasteiger partial charge in [0, 0.05) is 19.7 Å². The number of esters is 1. The fourth-order valence-corrected chi connectivity index (χ4v) is 1.34. The van der Waals surface area contributed by atoms with Gasteiger partial charge in [-0.05, 0) is 12.8 Å². The molecule has 17 heavy (non-hydrogen) atoms. The van der Waals surface area contributed by atoms with Crippen molar-refractivity contribution in [2.75, 3.05) is 40.1 Å². The maximum Gasteiger partial charge on any atom is 0.332 e. The molecule has 0 saturated carbocycles. The molecular weight excluding hydrogens is 222 g/mol. The average Bonchev–Trinajstić information content (AvgIpc) is 2.27. The Hall–Kier alpha value is -0.650. The van der Waals surface area contributed by atoms with Crippen LogP contribution in [0.1, 0.15) is 20.8 Å². The largest absolute Gasteiger partial charge is 0.464 e. The molecule has 1 atom stereocenters. The van der Waals surface area contributed by atoms with Crippen molar-refractivity contribution in [2.45, 2.75) is 26.8 Å². The van der Waals surface area contributed by atoms with Gasteiger partial charge >= 0.3 is 5.97 Å². The van der Waals surface area contributed by atoms with Crippen molar-refractivity contribution in [1.29, 1.82) is 0 Å². The second-order valence-electron chi connectivity index (χ2n) is 4.12. The van der Waals surface area contributed by atoms with Crippen LogP contribution in [-0.2, 0) is 19.0 Å². The Morgan fingerprint density at radius 1 is 1.35 bits per heavy atom. The van der Waals surface area contributed by atoms with E-state index in [4.69, 9.17) is 14.2 Å². The highest BCUT2D eigenvalue weighted by molar-refractivity contribution is 5.70. The molecule has 0 amide bonds. The van der Waals surface area contributed by atoms with Crippen LogP contribution >= 0.6 is 0 Å². The Morgan fingerprint density at radius 2 is 2.06 bits per heavy atom. The molecular formula is C12H25NO4. The van der Waals surface area contributed by atoms with Gasteiger partial charge in [0.05, 0.1) is 19.8 Å². The molecule has 5 heteroatoms. The first kappa shape index (κ1) is 16.4. The van der Waals surface area contributed by atoms with Gasteiger partial charge in [0.25, 0.3) is 0 Å². The molecule has 0 bridgehead atoms. The highest BCUT2D eigenvalue weighted by atomic mass is 16.6. The number of rotatable bonds is 10. The Balaban J connectivity index is 3.51. The van der Waals surface area contributed by atoms with Gasteiger partial charge in [0.1, 0.15) is 6.61 Å². The normalized spacial score (nSPS) is 12.8.